The predicted octanol–water partition coefficient (Wildman–Crippen LogP) is 3.98. The minimum absolute atomic E-state index is 0.518. The molecule has 1 N–H and O–H groups in total. The van der Waals surface area contributed by atoms with Crippen LogP contribution in [0.5, 0.6) is 0 Å². The largest absolute Gasteiger partial charge is 0.444 e. The van der Waals surface area contributed by atoms with E-state index in [9.17, 15) is 4.79 Å². The minimum Gasteiger partial charge on any atom is -0.444 e. The molecule has 0 bridgehead atoms. The summed E-state index contributed by atoms with van der Waals surface area (Å²) in [5.41, 5.74) is 0.304. The Morgan fingerprint density at radius 3 is 2.55 bits per heavy atom. The summed E-state index contributed by atoms with van der Waals surface area (Å²) in [4.78, 5) is 11.9. The summed E-state index contributed by atoms with van der Waals surface area (Å²) < 4.78 is 7.57. The normalized spacial score (nSPS) is 11.2. The van der Waals surface area contributed by atoms with Crippen molar-refractivity contribution in [2.24, 2.45) is 0 Å². The van der Waals surface area contributed by atoms with E-state index in [-0.39, 0.29) is 0 Å². The first-order valence-electron chi connectivity index (χ1n) is 6.16. The molecule has 106 valence electrons. The van der Waals surface area contributed by atoms with E-state index in [1.807, 2.05) is 51.1 Å². The van der Waals surface area contributed by atoms with Crippen molar-refractivity contribution >= 4 is 27.8 Å². The van der Waals surface area contributed by atoms with Crippen LogP contribution in [0.2, 0.25) is 0 Å². The highest BCUT2D eigenvalue weighted by atomic mass is 79.9. The van der Waals surface area contributed by atoms with E-state index in [4.69, 9.17) is 4.74 Å². The lowest BCUT2D eigenvalue weighted by Crippen LogP contribution is -2.28. The molecule has 0 spiro atoms. The average Bonchev–Trinajstić information content (AvgIpc) is 2.70. The lowest BCUT2D eigenvalue weighted by Gasteiger charge is -2.20. The maximum absolute atomic E-state index is 11.9. The van der Waals surface area contributed by atoms with Gasteiger partial charge in [-0.1, -0.05) is 18.2 Å². The second-order valence-corrected chi connectivity index (χ2v) is 6.07. The maximum atomic E-state index is 11.9. The zero-order valence-electron chi connectivity index (χ0n) is 11.6. The van der Waals surface area contributed by atoms with Gasteiger partial charge >= 0.3 is 6.09 Å². The molecule has 1 aromatic heterocycles. The lowest BCUT2D eigenvalue weighted by molar-refractivity contribution is 0.0635. The van der Waals surface area contributed by atoms with E-state index in [0.717, 1.165) is 5.69 Å². The fourth-order valence-electron chi connectivity index (χ4n) is 1.61. The fraction of sp³-hybridized carbons (Fsp3) is 0.286. The van der Waals surface area contributed by atoms with Crippen molar-refractivity contribution in [3.63, 3.8) is 0 Å². The molecular formula is C14H16BrN3O2. The van der Waals surface area contributed by atoms with Gasteiger partial charge < -0.3 is 4.74 Å². The highest BCUT2D eigenvalue weighted by molar-refractivity contribution is 9.10. The number of nitrogens with zero attached hydrogens (tertiary/aromatic N) is 2. The van der Waals surface area contributed by atoms with Crippen molar-refractivity contribution < 1.29 is 9.53 Å². The first-order valence-corrected chi connectivity index (χ1v) is 6.95. The van der Waals surface area contributed by atoms with Gasteiger partial charge in [-0.3, -0.25) is 5.32 Å². The van der Waals surface area contributed by atoms with Crippen molar-refractivity contribution in [1.82, 2.24) is 9.78 Å². The van der Waals surface area contributed by atoms with Crippen LogP contribution in [-0.2, 0) is 4.74 Å². The summed E-state index contributed by atoms with van der Waals surface area (Å²) in [6.45, 7) is 5.45. The summed E-state index contributed by atoms with van der Waals surface area (Å²) in [6, 6.07) is 9.53. The van der Waals surface area contributed by atoms with Gasteiger partial charge in [0.1, 0.15) is 5.60 Å². The lowest BCUT2D eigenvalue weighted by atomic mass is 10.2. The number of benzene rings is 1. The van der Waals surface area contributed by atoms with Crippen LogP contribution in [0.25, 0.3) is 5.69 Å². The quantitative estimate of drug-likeness (QED) is 0.901. The zero-order chi connectivity index (χ0) is 14.8. The molecule has 0 saturated heterocycles. The molecule has 1 amide bonds. The van der Waals surface area contributed by atoms with Crippen LogP contribution in [0, 0.1) is 0 Å². The molecule has 1 aromatic carbocycles. The summed E-state index contributed by atoms with van der Waals surface area (Å²) in [6.07, 6.45) is 1.11. The van der Waals surface area contributed by atoms with E-state index in [0.29, 0.717) is 10.3 Å². The molecule has 20 heavy (non-hydrogen) atoms. The highest BCUT2D eigenvalue weighted by Crippen LogP contribution is 2.25. The smallest absolute Gasteiger partial charge is 0.413 e. The second kappa shape index (κ2) is 5.66. The van der Waals surface area contributed by atoms with Crippen LogP contribution >= 0.6 is 15.9 Å². The van der Waals surface area contributed by atoms with E-state index < -0.39 is 11.7 Å². The molecule has 0 aliphatic carbocycles. The Bertz CT molecular complexity index is 603. The molecule has 2 rings (SSSR count). The van der Waals surface area contributed by atoms with Crippen LogP contribution in [0.3, 0.4) is 0 Å². The Kier molecular flexibility index (Phi) is 4.13. The molecule has 0 aliphatic rings. The zero-order valence-corrected chi connectivity index (χ0v) is 13.1. The van der Waals surface area contributed by atoms with Gasteiger partial charge in [-0.15, -0.1) is 0 Å². The first kappa shape index (κ1) is 14.6. The van der Waals surface area contributed by atoms with Crippen molar-refractivity contribution in [1.29, 1.82) is 0 Å². The van der Waals surface area contributed by atoms with Crippen molar-refractivity contribution in [3.8, 4) is 5.69 Å². The van der Waals surface area contributed by atoms with Crippen LogP contribution in [-0.4, -0.2) is 21.5 Å². The summed E-state index contributed by atoms with van der Waals surface area (Å²) in [5, 5.41) is 6.94. The summed E-state index contributed by atoms with van der Waals surface area (Å²) >= 11 is 3.37. The van der Waals surface area contributed by atoms with Gasteiger partial charge in [0, 0.05) is 0 Å². The third kappa shape index (κ3) is 3.60. The van der Waals surface area contributed by atoms with Gasteiger partial charge in [-0.25, -0.2) is 9.48 Å². The van der Waals surface area contributed by atoms with Crippen molar-refractivity contribution in [2.45, 2.75) is 26.4 Å². The molecular weight excluding hydrogens is 322 g/mol. The number of ether oxygens (including phenoxy) is 1. The van der Waals surface area contributed by atoms with E-state index in [1.165, 1.54) is 0 Å². The minimum atomic E-state index is -0.547. The number of rotatable bonds is 2. The summed E-state index contributed by atoms with van der Waals surface area (Å²) in [5.74, 6) is 0.533. The number of hydrogen-bond donors (Lipinski definition) is 1. The molecule has 5 nitrogen and oxygen atoms in total. The van der Waals surface area contributed by atoms with Crippen LogP contribution in [0.4, 0.5) is 10.6 Å². The van der Waals surface area contributed by atoms with Gasteiger partial charge in [0.25, 0.3) is 0 Å². The molecule has 1 heterocycles. The third-order valence-corrected chi connectivity index (χ3v) is 2.93. The number of amides is 1. The molecule has 0 fully saturated rings. The van der Waals surface area contributed by atoms with Gasteiger partial charge in [0.2, 0.25) is 0 Å². The third-order valence-electron chi connectivity index (χ3n) is 2.34. The Hall–Kier alpha value is -1.82. The van der Waals surface area contributed by atoms with Crippen molar-refractivity contribution in [3.05, 3.63) is 41.0 Å². The van der Waals surface area contributed by atoms with Crippen molar-refractivity contribution in [2.75, 3.05) is 5.32 Å². The van der Waals surface area contributed by atoms with E-state index in [2.05, 4.69) is 26.3 Å². The molecule has 0 radical (unpaired) electrons. The Morgan fingerprint density at radius 1 is 1.30 bits per heavy atom. The maximum Gasteiger partial charge on any atom is 0.413 e. The molecule has 0 aliphatic heterocycles. The SMILES string of the molecule is CC(C)(C)OC(=O)Nc1c(Br)cnn1-c1ccccc1. The van der Waals surface area contributed by atoms with Gasteiger partial charge in [-0.2, -0.15) is 5.10 Å². The number of carbonyl (C=O) groups is 1. The Morgan fingerprint density at radius 2 is 1.95 bits per heavy atom. The predicted molar refractivity (Wildman–Crippen MR) is 81.1 cm³/mol. The number of carbonyl (C=O) groups excluding carboxylic acids is 1. The summed E-state index contributed by atoms with van der Waals surface area (Å²) in [7, 11) is 0. The molecule has 0 unspecified atom stereocenters. The molecule has 0 saturated carbocycles. The highest BCUT2D eigenvalue weighted by Gasteiger charge is 2.19. The van der Waals surface area contributed by atoms with Crippen LogP contribution in [0.15, 0.2) is 41.0 Å². The van der Waals surface area contributed by atoms with Gasteiger partial charge in [0.15, 0.2) is 5.82 Å². The van der Waals surface area contributed by atoms with E-state index >= 15 is 0 Å². The second-order valence-electron chi connectivity index (χ2n) is 5.22. The van der Waals surface area contributed by atoms with E-state index in [1.54, 1.807) is 10.9 Å². The first-order chi connectivity index (χ1) is 9.37. The average molecular weight is 338 g/mol. The fourth-order valence-corrected chi connectivity index (χ4v) is 1.97. The monoisotopic (exact) mass is 337 g/mol. The van der Waals surface area contributed by atoms with Crippen LogP contribution < -0.4 is 5.32 Å². The molecule has 6 heteroatoms. The standard InChI is InChI=1S/C14H16BrN3O2/c1-14(2,3)20-13(19)17-12-11(15)9-16-18(12)10-7-5-4-6-8-10/h4-9H,1-3H3,(H,17,19). The topological polar surface area (TPSA) is 56.1 Å². The molecule has 2 aromatic rings. The Balaban J connectivity index is 2.25. The molecule has 0 atom stereocenters. The van der Waals surface area contributed by atoms with Gasteiger partial charge in [-0.05, 0) is 48.8 Å². The number of hydrogen-bond acceptors (Lipinski definition) is 3. The number of anilines is 1. The Labute approximate surface area is 126 Å². The number of halogens is 1. The number of para-hydroxylation sites is 1. The number of nitrogens with one attached hydrogen (secondary N) is 1. The van der Waals surface area contributed by atoms with Crippen LogP contribution in [0.1, 0.15) is 20.8 Å². The van der Waals surface area contributed by atoms with Gasteiger partial charge in [0.05, 0.1) is 16.4 Å². The number of aromatic nitrogens is 2.